The summed E-state index contributed by atoms with van der Waals surface area (Å²) in [7, 11) is 0. The van der Waals surface area contributed by atoms with Gasteiger partial charge in [0.15, 0.2) is 4.67 Å². The molecule has 2 aliphatic carbocycles. The number of hydrogen-bond acceptors (Lipinski definition) is 3. The highest BCUT2D eigenvalue weighted by Crippen LogP contribution is 2.39. The maximum Gasteiger partial charge on any atom is 0.169 e. The van der Waals surface area contributed by atoms with E-state index >= 15 is 0 Å². The molecule has 1 heterocycles. The minimum atomic E-state index is 0.259. The quantitative estimate of drug-likeness (QED) is 0.878. The lowest BCUT2D eigenvalue weighted by atomic mass is 10.1. The minimum absolute atomic E-state index is 0.259. The molecule has 0 saturated heterocycles. The van der Waals surface area contributed by atoms with E-state index in [2.05, 4.69) is 20.8 Å². The molecule has 3 nitrogen and oxygen atoms in total. The van der Waals surface area contributed by atoms with Crippen molar-refractivity contribution in [3.8, 4) is 0 Å². The van der Waals surface area contributed by atoms with E-state index in [0.29, 0.717) is 6.54 Å². The molecule has 0 bridgehead atoms. The van der Waals surface area contributed by atoms with Crippen LogP contribution in [0.2, 0.25) is 0 Å². The van der Waals surface area contributed by atoms with Crippen LogP contribution in [0, 0.1) is 5.92 Å². The zero-order chi connectivity index (χ0) is 11.8. The van der Waals surface area contributed by atoms with Gasteiger partial charge < -0.3 is 10.2 Å². The predicted molar refractivity (Wildman–Crippen MR) is 70.7 cm³/mol. The summed E-state index contributed by atoms with van der Waals surface area (Å²) in [5, 5.41) is 0. The molecular weight excluding hydrogens is 280 g/mol. The fourth-order valence-electron chi connectivity index (χ4n) is 2.46. The van der Waals surface area contributed by atoms with Crippen molar-refractivity contribution in [2.75, 3.05) is 13.1 Å². The zero-order valence-corrected chi connectivity index (χ0v) is 11.5. The van der Waals surface area contributed by atoms with Gasteiger partial charge in [-0.2, -0.15) is 0 Å². The summed E-state index contributed by atoms with van der Waals surface area (Å²) < 4.78 is 6.49. The van der Waals surface area contributed by atoms with Gasteiger partial charge in [0.1, 0.15) is 5.76 Å². The third-order valence-corrected chi connectivity index (χ3v) is 4.15. The fraction of sp³-hybridized carbons (Fsp3) is 0.692. The molecule has 1 aromatic heterocycles. The highest BCUT2D eigenvalue weighted by Gasteiger charge is 2.38. The SMILES string of the molecule is NCC(c1ccc(Br)o1)N(CC1CC1)C1CC1. The van der Waals surface area contributed by atoms with Gasteiger partial charge in [-0.3, -0.25) is 4.90 Å². The molecule has 3 rings (SSSR count). The van der Waals surface area contributed by atoms with E-state index in [-0.39, 0.29) is 6.04 Å². The monoisotopic (exact) mass is 298 g/mol. The topological polar surface area (TPSA) is 42.4 Å². The molecular formula is C13H19BrN2O. The fourth-order valence-corrected chi connectivity index (χ4v) is 2.78. The molecule has 2 fully saturated rings. The first kappa shape index (κ1) is 11.8. The molecule has 0 aliphatic heterocycles. The van der Waals surface area contributed by atoms with Crippen molar-refractivity contribution in [2.24, 2.45) is 11.7 Å². The highest BCUT2D eigenvalue weighted by molar-refractivity contribution is 9.10. The summed E-state index contributed by atoms with van der Waals surface area (Å²) in [5.74, 6) is 1.91. The van der Waals surface area contributed by atoms with Crippen LogP contribution in [0.4, 0.5) is 0 Å². The van der Waals surface area contributed by atoms with Crippen molar-refractivity contribution >= 4 is 15.9 Å². The minimum Gasteiger partial charge on any atom is -0.453 e. The van der Waals surface area contributed by atoms with E-state index in [4.69, 9.17) is 10.2 Å². The van der Waals surface area contributed by atoms with Crippen molar-refractivity contribution in [1.82, 2.24) is 4.90 Å². The molecule has 0 aromatic carbocycles. The van der Waals surface area contributed by atoms with E-state index in [1.807, 2.05) is 12.1 Å². The lowest BCUT2D eigenvalue weighted by molar-refractivity contribution is 0.161. The first-order valence-electron chi connectivity index (χ1n) is 6.49. The Morgan fingerprint density at radius 3 is 2.59 bits per heavy atom. The standard InChI is InChI=1S/C13H19BrN2O/c14-13-6-5-12(17-13)11(7-15)16(10-3-4-10)8-9-1-2-9/h5-6,9-11H,1-4,7-8,15H2. The normalized spacial score (nSPS) is 22.1. The van der Waals surface area contributed by atoms with Gasteiger partial charge in [0.05, 0.1) is 6.04 Å². The largest absolute Gasteiger partial charge is 0.453 e. The smallest absolute Gasteiger partial charge is 0.169 e. The van der Waals surface area contributed by atoms with Gasteiger partial charge in [0, 0.05) is 19.1 Å². The predicted octanol–water partition coefficient (Wildman–Crippen LogP) is 2.92. The average Bonchev–Trinajstić information content (AvgIpc) is 3.20. The molecule has 1 atom stereocenters. The number of rotatable bonds is 6. The molecule has 94 valence electrons. The molecule has 4 heteroatoms. The van der Waals surface area contributed by atoms with Gasteiger partial charge in [-0.15, -0.1) is 0 Å². The summed E-state index contributed by atoms with van der Waals surface area (Å²) in [4.78, 5) is 2.57. The van der Waals surface area contributed by atoms with Gasteiger partial charge in [-0.25, -0.2) is 0 Å². The molecule has 0 radical (unpaired) electrons. The van der Waals surface area contributed by atoms with Gasteiger partial charge in [-0.05, 0) is 59.7 Å². The van der Waals surface area contributed by atoms with E-state index in [1.54, 1.807) is 0 Å². The van der Waals surface area contributed by atoms with Crippen LogP contribution >= 0.6 is 15.9 Å². The first-order valence-corrected chi connectivity index (χ1v) is 7.28. The second kappa shape index (κ2) is 4.75. The Balaban J connectivity index is 1.75. The summed E-state index contributed by atoms with van der Waals surface area (Å²) in [6, 6.07) is 5.01. The van der Waals surface area contributed by atoms with Gasteiger partial charge in [0.25, 0.3) is 0 Å². The zero-order valence-electron chi connectivity index (χ0n) is 9.94. The lowest BCUT2D eigenvalue weighted by Crippen LogP contribution is -2.36. The lowest BCUT2D eigenvalue weighted by Gasteiger charge is -2.29. The van der Waals surface area contributed by atoms with Crippen LogP contribution in [0.1, 0.15) is 37.5 Å². The number of hydrogen-bond donors (Lipinski definition) is 1. The second-order valence-corrected chi connectivity index (χ2v) is 6.05. The Hall–Kier alpha value is -0.320. The van der Waals surface area contributed by atoms with Crippen molar-refractivity contribution < 1.29 is 4.42 Å². The number of halogens is 1. The Morgan fingerprint density at radius 1 is 1.35 bits per heavy atom. The molecule has 1 unspecified atom stereocenters. The summed E-state index contributed by atoms with van der Waals surface area (Å²) in [6.45, 7) is 1.84. The summed E-state index contributed by atoms with van der Waals surface area (Å²) in [5.41, 5.74) is 5.96. The van der Waals surface area contributed by atoms with Gasteiger partial charge in [-0.1, -0.05) is 0 Å². The maximum atomic E-state index is 5.96. The number of nitrogens with two attached hydrogens (primary N) is 1. The van der Waals surface area contributed by atoms with Crippen LogP contribution in [0.3, 0.4) is 0 Å². The maximum absolute atomic E-state index is 5.96. The van der Waals surface area contributed by atoms with E-state index in [0.717, 1.165) is 22.4 Å². The molecule has 2 saturated carbocycles. The van der Waals surface area contributed by atoms with E-state index in [1.165, 1.54) is 32.2 Å². The summed E-state index contributed by atoms with van der Waals surface area (Å²) >= 11 is 3.37. The van der Waals surface area contributed by atoms with Crippen LogP contribution in [0.15, 0.2) is 21.2 Å². The van der Waals surface area contributed by atoms with Crippen molar-refractivity contribution in [3.63, 3.8) is 0 Å². The first-order chi connectivity index (χ1) is 8.28. The van der Waals surface area contributed by atoms with Crippen molar-refractivity contribution in [3.05, 3.63) is 22.6 Å². The second-order valence-electron chi connectivity index (χ2n) is 5.26. The summed E-state index contributed by atoms with van der Waals surface area (Å²) in [6.07, 6.45) is 5.43. The van der Waals surface area contributed by atoms with Gasteiger partial charge in [0.2, 0.25) is 0 Å². The van der Waals surface area contributed by atoms with E-state index in [9.17, 15) is 0 Å². The molecule has 17 heavy (non-hydrogen) atoms. The van der Waals surface area contributed by atoms with Gasteiger partial charge >= 0.3 is 0 Å². The van der Waals surface area contributed by atoms with Crippen LogP contribution in [0.25, 0.3) is 0 Å². The van der Waals surface area contributed by atoms with Crippen molar-refractivity contribution in [2.45, 2.75) is 37.8 Å². The number of nitrogens with zero attached hydrogens (tertiary/aromatic N) is 1. The number of furan rings is 1. The Kier molecular flexibility index (Phi) is 3.28. The van der Waals surface area contributed by atoms with Crippen molar-refractivity contribution in [1.29, 1.82) is 0 Å². The Bertz CT molecular complexity index is 385. The highest BCUT2D eigenvalue weighted by atomic mass is 79.9. The van der Waals surface area contributed by atoms with Crippen LogP contribution in [-0.2, 0) is 0 Å². The van der Waals surface area contributed by atoms with Crippen LogP contribution < -0.4 is 5.73 Å². The third kappa shape index (κ3) is 2.75. The van der Waals surface area contributed by atoms with Crippen LogP contribution in [-0.4, -0.2) is 24.0 Å². The molecule has 0 amide bonds. The van der Waals surface area contributed by atoms with E-state index < -0.39 is 0 Å². The molecule has 1 aromatic rings. The third-order valence-electron chi connectivity index (χ3n) is 3.73. The molecule has 2 aliphatic rings. The molecule has 2 N–H and O–H groups in total. The Labute approximate surface area is 110 Å². The molecule has 0 spiro atoms. The average molecular weight is 299 g/mol. The Morgan fingerprint density at radius 2 is 2.12 bits per heavy atom. The van der Waals surface area contributed by atoms with Crippen LogP contribution in [0.5, 0.6) is 0 Å².